The van der Waals surface area contributed by atoms with Crippen LogP contribution in [-0.2, 0) is 0 Å². The molecular formula is C20H14FN. The number of hydrogen-bond donors (Lipinski definition) is 1. The fraction of sp³-hybridized carbons (Fsp3) is 0. The third-order valence-corrected chi connectivity index (χ3v) is 4.07. The lowest BCUT2D eigenvalue weighted by Gasteiger charge is -2.13. The molecule has 0 aliphatic carbocycles. The minimum absolute atomic E-state index is 0.162. The molecule has 0 saturated heterocycles. The summed E-state index contributed by atoms with van der Waals surface area (Å²) in [4.78, 5) is 0. The van der Waals surface area contributed by atoms with Gasteiger partial charge >= 0.3 is 0 Å². The van der Waals surface area contributed by atoms with Gasteiger partial charge in [0.1, 0.15) is 5.82 Å². The first-order chi connectivity index (χ1) is 10.8. The van der Waals surface area contributed by atoms with Crippen LogP contribution in [0.1, 0.15) is 0 Å². The Morgan fingerprint density at radius 1 is 0.591 bits per heavy atom. The van der Waals surface area contributed by atoms with E-state index in [-0.39, 0.29) is 5.82 Å². The molecule has 0 atom stereocenters. The Bertz CT molecular complexity index is 931. The Hall–Kier alpha value is -2.87. The van der Waals surface area contributed by atoms with Gasteiger partial charge in [0.15, 0.2) is 0 Å². The fourth-order valence-electron chi connectivity index (χ4n) is 3.04. The predicted octanol–water partition coefficient (Wildman–Crippen LogP) is 5.38. The van der Waals surface area contributed by atoms with Gasteiger partial charge in [-0.1, -0.05) is 60.7 Å². The van der Waals surface area contributed by atoms with Crippen LogP contribution in [0.3, 0.4) is 0 Å². The Morgan fingerprint density at radius 3 is 1.55 bits per heavy atom. The molecule has 1 nitrogen and oxygen atoms in total. The van der Waals surface area contributed by atoms with Crippen molar-refractivity contribution < 1.29 is 4.39 Å². The first kappa shape index (κ1) is 12.8. The second kappa shape index (κ2) is 4.85. The van der Waals surface area contributed by atoms with Crippen LogP contribution >= 0.6 is 0 Å². The van der Waals surface area contributed by atoms with Crippen molar-refractivity contribution in [2.45, 2.75) is 0 Å². The minimum Gasteiger partial charge on any atom is -0.399 e. The molecule has 22 heavy (non-hydrogen) atoms. The molecule has 106 valence electrons. The highest BCUT2D eigenvalue weighted by molar-refractivity contribution is 6.13. The average molecular weight is 287 g/mol. The summed E-state index contributed by atoms with van der Waals surface area (Å²) in [5, 5.41) is 3.13. The summed E-state index contributed by atoms with van der Waals surface area (Å²) >= 11 is 0. The monoisotopic (exact) mass is 287 g/mol. The third-order valence-electron chi connectivity index (χ3n) is 4.07. The number of anilines is 1. The number of nitrogen functional groups attached to an aromatic ring is 1. The van der Waals surface area contributed by atoms with Gasteiger partial charge in [-0.2, -0.15) is 0 Å². The van der Waals surface area contributed by atoms with Gasteiger partial charge < -0.3 is 5.73 Å². The van der Waals surface area contributed by atoms with Gasteiger partial charge in [0, 0.05) is 16.5 Å². The topological polar surface area (TPSA) is 26.0 Å². The molecule has 0 fully saturated rings. The Labute approximate surface area is 127 Å². The number of benzene rings is 4. The first-order valence-electron chi connectivity index (χ1n) is 7.20. The van der Waals surface area contributed by atoms with Crippen LogP contribution in [0.25, 0.3) is 32.7 Å². The molecule has 0 aliphatic heterocycles. The van der Waals surface area contributed by atoms with E-state index in [1.807, 2.05) is 72.8 Å². The molecule has 0 heterocycles. The molecule has 4 rings (SSSR count). The minimum atomic E-state index is -0.162. The average Bonchev–Trinajstić information content (AvgIpc) is 2.57. The van der Waals surface area contributed by atoms with Gasteiger partial charge in [0.2, 0.25) is 0 Å². The number of fused-ring (bicyclic) bond motifs is 2. The highest BCUT2D eigenvalue weighted by Gasteiger charge is 2.14. The van der Waals surface area contributed by atoms with E-state index in [1.54, 1.807) is 0 Å². The van der Waals surface area contributed by atoms with Crippen LogP contribution in [0.4, 0.5) is 10.1 Å². The van der Waals surface area contributed by atoms with Gasteiger partial charge in [-0.25, -0.2) is 4.39 Å². The molecule has 0 unspecified atom stereocenters. The number of rotatable bonds is 1. The Kier molecular flexibility index (Phi) is 2.83. The van der Waals surface area contributed by atoms with E-state index >= 15 is 0 Å². The van der Waals surface area contributed by atoms with Crippen LogP contribution in [-0.4, -0.2) is 0 Å². The Morgan fingerprint density at radius 2 is 1.05 bits per heavy atom. The van der Waals surface area contributed by atoms with Gasteiger partial charge in [-0.15, -0.1) is 0 Å². The summed E-state index contributed by atoms with van der Waals surface area (Å²) in [6.07, 6.45) is 0. The molecule has 4 aromatic carbocycles. The van der Waals surface area contributed by atoms with Crippen molar-refractivity contribution in [2.75, 3.05) is 5.73 Å². The van der Waals surface area contributed by atoms with Crippen molar-refractivity contribution in [3.05, 3.63) is 78.6 Å². The van der Waals surface area contributed by atoms with Crippen molar-refractivity contribution in [1.29, 1.82) is 0 Å². The van der Waals surface area contributed by atoms with E-state index in [9.17, 15) is 4.39 Å². The van der Waals surface area contributed by atoms with Gasteiger partial charge in [-0.3, -0.25) is 0 Å². The third kappa shape index (κ3) is 1.85. The molecule has 2 heteroatoms. The van der Waals surface area contributed by atoms with E-state index in [0.29, 0.717) is 10.8 Å². The number of hydrogen-bond acceptors (Lipinski definition) is 1. The zero-order chi connectivity index (χ0) is 15.1. The second-order valence-corrected chi connectivity index (χ2v) is 5.40. The SMILES string of the molecule is Nc1ccc(-c2c3ccccc3c(F)c3ccccc23)cc1. The standard InChI is InChI=1S/C20H14FN/c21-20-17-7-3-1-5-15(17)19(13-9-11-14(22)12-10-13)16-6-2-4-8-18(16)20/h1-12H,22H2. The zero-order valence-corrected chi connectivity index (χ0v) is 11.9. The highest BCUT2D eigenvalue weighted by Crippen LogP contribution is 2.38. The summed E-state index contributed by atoms with van der Waals surface area (Å²) in [6, 6.07) is 22.9. The summed E-state index contributed by atoms with van der Waals surface area (Å²) in [5.74, 6) is -0.162. The summed E-state index contributed by atoms with van der Waals surface area (Å²) in [5.41, 5.74) is 8.61. The molecule has 0 spiro atoms. The molecule has 0 radical (unpaired) electrons. The molecule has 0 aromatic heterocycles. The largest absolute Gasteiger partial charge is 0.399 e. The fourth-order valence-corrected chi connectivity index (χ4v) is 3.04. The van der Waals surface area contributed by atoms with E-state index in [4.69, 9.17) is 5.73 Å². The lowest BCUT2D eigenvalue weighted by molar-refractivity contribution is 0.651. The molecular weight excluding hydrogens is 273 g/mol. The van der Waals surface area contributed by atoms with Crippen molar-refractivity contribution in [1.82, 2.24) is 0 Å². The van der Waals surface area contributed by atoms with Crippen LogP contribution in [0.15, 0.2) is 72.8 Å². The normalized spacial score (nSPS) is 11.1. The zero-order valence-electron chi connectivity index (χ0n) is 11.9. The van der Waals surface area contributed by atoms with Crippen molar-refractivity contribution in [3.8, 4) is 11.1 Å². The van der Waals surface area contributed by atoms with Crippen LogP contribution < -0.4 is 5.73 Å². The van der Waals surface area contributed by atoms with Crippen molar-refractivity contribution in [3.63, 3.8) is 0 Å². The number of nitrogens with two attached hydrogens (primary N) is 1. The maximum atomic E-state index is 14.8. The van der Waals surface area contributed by atoms with Gasteiger partial charge in [0.25, 0.3) is 0 Å². The smallest absolute Gasteiger partial charge is 0.138 e. The van der Waals surface area contributed by atoms with Crippen LogP contribution in [0, 0.1) is 5.82 Å². The predicted molar refractivity (Wildman–Crippen MR) is 91.3 cm³/mol. The maximum absolute atomic E-state index is 14.8. The summed E-state index contributed by atoms with van der Waals surface area (Å²) < 4.78 is 14.8. The summed E-state index contributed by atoms with van der Waals surface area (Å²) in [7, 11) is 0. The highest BCUT2D eigenvalue weighted by atomic mass is 19.1. The van der Waals surface area contributed by atoms with Crippen molar-refractivity contribution >= 4 is 27.2 Å². The number of halogens is 1. The molecule has 0 saturated carbocycles. The first-order valence-corrected chi connectivity index (χ1v) is 7.20. The van der Waals surface area contributed by atoms with E-state index < -0.39 is 0 Å². The molecule has 4 aromatic rings. The van der Waals surface area contributed by atoms with E-state index in [0.717, 1.165) is 27.6 Å². The van der Waals surface area contributed by atoms with Crippen molar-refractivity contribution in [2.24, 2.45) is 0 Å². The molecule has 0 aliphatic rings. The van der Waals surface area contributed by atoms with Gasteiger partial charge in [0.05, 0.1) is 0 Å². The summed E-state index contributed by atoms with van der Waals surface area (Å²) in [6.45, 7) is 0. The lowest BCUT2D eigenvalue weighted by Crippen LogP contribution is -1.90. The Balaban J connectivity index is 2.23. The van der Waals surface area contributed by atoms with Crippen LogP contribution in [0.5, 0.6) is 0 Å². The molecule has 2 N–H and O–H groups in total. The lowest BCUT2D eigenvalue weighted by atomic mass is 9.91. The second-order valence-electron chi connectivity index (χ2n) is 5.40. The van der Waals surface area contributed by atoms with Crippen LogP contribution in [0.2, 0.25) is 0 Å². The molecule has 0 bridgehead atoms. The van der Waals surface area contributed by atoms with E-state index in [1.165, 1.54) is 0 Å². The van der Waals surface area contributed by atoms with Gasteiger partial charge in [-0.05, 0) is 34.0 Å². The quantitative estimate of drug-likeness (QED) is 0.369. The van der Waals surface area contributed by atoms with E-state index in [2.05, 4.69) is 0 Å². The maximum Gasteiger partial charge on any atom is 0.138 e. The molecule has 0 amide bonds.